The Morgan fingerprint density at radius 1 is 1.44 bits per heavy atom. The van der Waals surface area contributed by atoms with E-state index in [9.17, 15) is 9.90 Å². The first-order valence-corrected chi connectivity index (χ1v) is 10.1. The number of likely N-dealkylation sites (N-methyl/N-ethyl adjacent to an activating group) is 1. The predicted octanol–water partition coefficient (Wildman–Crippen LogP) is 2.12. The van der Waals surface area contributed by atoms with Crippen LogP contribution in [0.25, 0.3) is 10.6 Å². The van der Waals surface area contributed by atoms with E-state index in [2.05, 4.69) is 10.3 Å². The fraction of sp³-hybridized carbons (Fsp3) is 0.632. The summed E-state index contributed by atoms with van der Waals surface area (Å²) in [6.45, 7) is 8.42. The van der Waals surface area contributed by atoms with E-state index in [0.29, 0.717) is 13.0 Å². The van der Waals surface area contributed by atoms with Gasteiger partial charge in [0.15, 0.2) is 0 Å². The third-order valence-electron chi connectivity index (χ3n) is 5.15. The van der Waals surface area contributed by atoms with E-state index in [0.717, 1.165) is 22.1 Å². The zero-order valence-electron chi connectivity index (χ0n) is 16.9. The first-order chi connectivity index (χ1) is 12.6. The van der Waals surface area contributed by atoms with Crippen LogP contribution < -0.4 is 5.32 Å². The number of carbonyl (C=O) groups is 1. The van der Waals surface area contributed by atoms with Crippen LogP contribution in [0.1, 0.15) is 44.8 Å². The summed E-state index contributed by atoms with van der Waals surface area (Å²) >= 11 is 1.56. The van der Waals surface area contributed by atoms with E-state index >= 15 is 0 Å². The molecule has 1 amide bonds. The lowest BCUT2D eigenvalue weighted by Gasteiger charge is -2.34. The van der Waals surface area contributed by atoms with E-state index in [1.165, 1.54) is 0 Å². The number of amides is 1. The van der Waals surface area contributed by atoms with Gasteiger partial charge in [-0.15, -0.1) is 11.3 Å². The maximum Gasteiger partial charge on any atom is 0.240 e. The largest absolute Gasteiger partial charge is 0.391 e. The van der Waals surface area contributed by atoms with Crippen LogP contribution in [-0.2, 0) is 11.8 Å². The first kappa shape index (κ1) is 20.0. The molecule has 0 unspecified atom stereocenters. The maximum atomic E-state index is 13.3. The van der Waals surface area contributed by atoms with Gasteiger partial charge in [0, 0.05) is 26.2 Å². The summed E-state index contributed by atoms with van der Waals surface area (Å²) in [4.78, 5) is 25.2. The minimum atomic E-state index is -0.540. The van der Waals surface area contributed by atoms with Crippen LogP contribution in [0.4, 0.5) is 0 Å². The summed E-state index contributed by atoms with van der Waals surface area (Å²) in [5.41, 5.74) is 3.40. The Balaban J connectivity index is 1.94. The first-order valence-electron chi connectivity index (χ1n) is 9.23. The Hall–Kier alpha value is -1.77. The van der Waals surface area contributed by atoms with Gasteiger partial charge in [-0.1, -0.05) is 20.8 Å². The molecule has 0 radical (unpaired) electrons. The van der Waals surface area contributed by atoms with Crippen LogP contribution in [0.5, 0.6) is 0 Å². The van der Waals surface area contributed by atoms with E-state index < -0.39 is 6.10 Å². The van der Waals surface area contributed by atoms with Gasteiger partial charge in [-0.3, -0.25) is 4.79 Å². The molecule has 2 aromatic heterocycles. The number of hydrogen-bond acceptors (Lipinski definition) is 6. The van der Waals surface area contributed by atoms with Gasteiger partial charge in [-0.2, -0.15) is 0 Å². The molecule has 1 aliphatic heterocycles. The molecule has 2 aromatic rings. The Labute approximate surface area is 164 Å². The summed E-state index contributed by atoms with van der Waals surface area (Å²) in [5, 5.41) is 13.5. The van der Waals surface area contributed by atoms with Crippen molar-refractivity contribution in [2.24, 2.45) is 12.5 Å². The normalized spacial score (nSPS) is 21.7. The monoisotopic (exact) mass is 391 g/mol. The Bertz CT molecular complexity index is 822. The highest BCUT2D eigenvalue weighted by Crippen LogP contribution is 2.36. The highest BCUT2D eigenvalue weighted by atomic mass is 32.1. The van der Waals surface area contributed by atoms with Crippen molar-refractivity contribution in [3.8, 4) is 10.6 Å². The van der Waals surface area contributed by atoms with E-state index in [1.54, 1.807) is 23.3 Å². The number of rotatable bonds is 4. The molecule has 3 atom stereocenters. The summed E-state index contributed by atoms with van der Waals surface area (Å²) in [6, 6.07) is -0.563. The van der Waals surface area contributed by atoms with E-state index in [1.807, 2.05) is 51.0 Å². The number of likely N-dealkylation sites (tertiary alicyclic amines) is 1. The molecule has 3 rings (SSSR count). The number of aromatic nitrogens is 3. The molecule has 3 heterocycles. The number of thiazole rings is 1. The average Bonchev–Trinajstić information content (AvgIpc) is 3.24. The Morgan fingerprint density at radius 2 is 2.15 bits per heavy atom. The van der Waals surface area contributed by atoms with Crippen molar-refractivity contribution in [1.82, 2.24) is 24.8 Å². The second kappa shape index (κ2) is 7.33. The van der Waals surface area contributed by atoms with Gasteiger partial charge in [0.1, 0.15) is 11.5 Å². The highest BCUT2D eigenvalue weighted by molar-refractivity contribution is 7.13. The van der Waals surface area contributed by atoms with Crippen LogP contribution in [0.15, 0.2) is 11.7 Å². The van der Waals surface area contributed by atoms with Gasteiger partial charge < -0.3 is 19.9 Å². The van der Waals surface area contributed by atoms with Crippen molar-refractivity contribution >= 4 is 17.2 Å². The second-order valence-electron chi connectivity index (χ2n) is 8.35. The number of hydrogen-bond donors (Lipinski definition) is 2. The Morgan fingerprint density at radius 3 is 2.70 bits per heavy atom. The quantitative estimate of drug-likeness (QED) is 0.834. The fourth-order valence-electron chi connectivity index (χ4n) is 3.84. The summed E-state index contributed by atoms with van der Waals surface area (Å²) < 4.78 is 1.96. The minimum absolute atomic E-state index is 0.00470. The van der Waals surface area contributed by atoms with Gasteiger partial charge in [0.05, 0.1) is 34.3 Å². The van der Waals surface area contributed by atoms with E-state index in [-0.39, 0.29) is 23.4 Å². The van der Waals surface area contributed by atoms with Gasteiger partial charge >= 0.3 is 0 Å². The van der Waals surface area contributed by atoms with Gasteiger partial charge in [-0.25, -0.2) is 9.97 Å². The third-order valence-corrected chi connectivity index (χ3v) is 6.10. The van der Waals surface area contributed by atoms with Crippen molar-refractivity contribution in [3.05, 3.63) is 23.2 Å². The number of nitrogens with zero attached hydrogens (tertiary/aromatic N) is 4. The van der Waals surface area contributed by atoms with Crippen molar-refractivity contribution < 1.29 is 9.90 Å². The number of carbonyl (C=O) groups excluding carboxylic acids is 1. The lowest BCUT2D eigenvalue weighted by molar-refractivity contribution is -0.137. The summed E-state index contributed by atoms with van der Waals surface area (Å²) in [6.07, 6.45) is 1.93. The molecule has 1 aliphatic rings. The van der Waals surface area contributed by atoms with Crippen molar-refractivity contribution in [1.29, 1.82) is 0 Å². The minimum Gasteiger partial charge on any atom is -0.391 e. The van der Waals surface area contributed by atoms with Crippen LogP contribution in [0.3, 0.4) is 0 Å². The summed E-state index contributed by atoms with van der Waals surface area (Å²) in [5.74, 6) is 0.802. The smallest absolute Gasteiger partial charge is 0.240 e. The molecule has 7 nitrogen and oxygen atoms in total. The predicted molar refractivity (Wildman–Crippen MR) is 106 cm³/mol. The van der Waals surface area contributed by atoms with Gasteiger partial charge in [-0.05, 0) is 19.4 Å². The average molecular weight is 392 g/mol. The van der Waals surface area contributed by atoms with Crippen molar-refractivity contribution in [3.63, 3.8) is 0 Å². The third kappa shape index (κ3) is 3.79. The topological polar surface area (TPSA) is 83.3 Å². The standard InChI is InChI=1S/C19H29N5O2S/c1-11-15(27-10-21-11)13-9-23(6)17(22-13)14-7-12(25)8-24(14)18(26)16(20-5)19(2,3)4/h9-10,12,14,16,20,25H,7-8H2,1-6H3/t12-,14+,16-/m1/s1. The fourth-order valence-corrected chi connectivity index (χ4v) is 4.60. The molecule has 0 aromatic carbocycles. The van der Waals surface area contributed by atoms with Crippen LogP contribution in [0.2, 0.25) is 0 Å². The number of β-amino-alcohol motifs (C(OH)–C–C–N with tert-alkyl or cyclic N) is 1. The van der Waals surface area contributed by atoms with Crippen LogP contribution >= 0.6 is 11.3 Å². The molecule has 0 saturated carbocycles. The van der Waals surface area contributed by atoms with Crippen LogP contribution in [-0.4, -0.2) is 56.2 Å². The zero-order chi connectivity index (χ0) is 19.9. The molecule has 2 N–H and O–H groups in total. The SMILES string of the molecule is CN[C@H](C(=O)N1C[C@H](O)C[C@H]1c1nc(-c2scnc2C)cn1C)C(C)(C)C. The van der Waals surface area contributed by atoms with Crippen LogP contribution in [0, 0.1) is 12.3 Å². The Kier molecular flexibility index (Phi) is 5.42. The second-order valence-corrected chi connectivity index (χ2v) is 9.20. The molecule has 27 heavy (non-hydrogen) atoms. The number of nitrogens with one attached hydrogen (secondary N) is 1. The van der Waals surface area contributed by atoms with E-state index in [4.69, 9.17) is 4.98 Å². The number of imidazole rings is 1. The van der Waals surface area contributed by atoms with Crippen molar-refractivity contribution in [2.75, 3.05) is 13.6 Å². The van der Waals surface area contributed by atoms with Crippen molar-refractivity contribution in [2.45, 2.75) is 52.3 Å². The zero-order valence-corrected chi connectivity index (χ0v) is 17.7. The molecular formula is C19H29N5O2S. The lowest BCUT2D eigenvalue weighted by Crippen LogP contribution is -2.52. The molecule has 1 saturated heterocycles. The molecule has 8 heteroatoms. The molecular weight excluding hydrogens is 362 g/mol. The highest BCUT2D eigenvalue weighted by Gasteiger charge is 2.42. The molecule has 148 valence electrons. The molecule has 0 spiro atoms. The van der Waals surface area contributed by atoms with Gasteiger partial charge in [0.2, 0.25) is 5.91 Å². The maximum absolute atomic E-state index is 13.3. The molecule has 1 fully saturated rings. The lowest BCUT2D eigenvalue weighted by atomic mass is 9.86. The number of aliphatic hydroxyl groups excluding tert-OH is 1. The number of aliphatic hydroxyl groups is 1. The molecule has 0 aliphatic carbocycles. The molecule has 0 bridgehead atoms. The van der Waals surface area contributed by atoms with Gasteiger partial charge in [0.25, 0.3) is 0 Å². The number of aryl methyl sites for hydroxylation is 2. The summed E-state index contributed by atoms with van der Waals surface area (Å²) in [7, 11) is 3.75.